The normalized spacial score (nSPS) is 10.7. The molecule has 0 radical (unpaired) electrons. The maximum atomic E-state index is 11.8. The van der Waals surface area contributed by atoms with E-state index >= 15 is 0 Å². The van der Waals surface area contributed by atoms with E-state index in [0.29, 0.717) is 4.90 Å². The molecule has 19 heavy (non-hydrogen) atoms. The van der Waals surface area contributed by atoms with Crippen LogP contribution >= 0.6 is 11.9 Å². The summed E-state index contributed by atoms with van der Waals surface area (Å²) in [6, 6.07) is -2.39. The molecule has 0 aromatic carbocycles. The van der Waals surface area contributed by atoms with Gasteiger partial charge in [-0.3, -0.25) is 10.1 Å². The maximum Gasteiger partial charge on any atom is 0.343 e. The SMILES string of the molecule is CCCCOC(=N)N(C(N)=O)C(=O)NSC(C)(C)C. The number of amidine groups is 1. The van der Waals surface area contributed by atoms with Crippen LogP contribution in [0.3, 0.4) is 0 Å². The number of ether oxygens (including phenoxy) is 1. The van der Waals surface area contributed by atoms with Gasteiger partial charge >= 0.3 is 18.1 Å². The van der Waals surface area contributed by atoms with Gasteiger partial charge in [-0.1, -0.05) is 13.3 Å². The van der Waals surface area contributed by atoms with Gasteiger partial charge in [-0.2, -0.15) is 4.90 Å². The molecule has 0 rings (SSSR count). The number of rotatable bonds is 4. The van der Waals surface area contributed by atoms with Gasteiger partial charge in [0.25, 0.3) is 0 Å². The molecule has 0 aliphatic rings. The average Bonchev–Trinajstić information content (AvgIpc) is 2.25. The quantitative estimate of drug-likeness (QED) is 0.319. The lowest BCUT2D eigenvalue weighted by atomic mass is 10.3. The highest BCUT2D eigenvalue weighted by atomic mass is 32.2. The largest absolute Gasteiger partial charge is 0.465 e. The Balaban J connectivity index is 4.50. The van der Waals surface area contributed by atoms with Crippen molar-refractivity contribution in [2.75, 3.05) is 6.61 Å². The van der Waals surface area contributed by atoms with Crippen LogP contribution in [-0.2, 0) is 4.74 Å². The van der Waals surface area contributed by atoms with Crippen LogP contribution in [0.25, 0.3) is 0 Å². The van der Waals surface area contributed by atoms with Gasteiger partial charge < -0.3 is 10.5 Å². The fourth-order valence-electron chi connectivity index (χ4n) is 0.913. The average molecular weight is 290 g/mol. The molecule has 4 N–H and O–H groups in total. The predicted octanol–water partition coefficient (Wildman–Crippen LogP) is 2.27. The number of hydrogen-bond acceptors (Lipinski definition) is 5. The van der Waals surface area contributed by atoms with Crippen LogP contribution in [0, 0.1) is 5.41 Å². The minimum absolute atomic E-state index is 0.218. The van der Waals surface area contributed by atoms with Crippen LogP contribution in [0.4, 0.5) is 9.59 Å². The van der Waals surface area contributed by atoms with Crippen LogP contribution in [-0.4, -0.2) is 34.3 Å². The van der Waals surface area contributed by atoms with E-state index in [1.807, 2.05) is 27.7 Å². The lowest BCUT2D eigenvalue weighted by Gasteiger charge is -2.22. The third-order valence-corrected chi connectivity index (χ3v) is 2.70. The third-order valence-electron chi connectivity index (χ3n) is 1.81. The number of nitrogens with zero attached hydrogens (tertiary/aromatic N) is 1. The minimum Gasteiger partial charge on any atom is -0.465 e. The number of amides is 4. The molecule has 0 aliphatic heterocycles. The monoisotopic (exact) mass is 290 g/mol. The first-order chi connectivity index (χ1) is 8.69. The van der Waals surface area contributed by atoms with Gasteiger partial charge in [0.1, 0.15) is 0 Å². The Kier molecular flexibility index (Phi) is 7.28. The first-order valence-corrected chi connectivity index (χ1v) is 6.79. The fraction of sp³-hybridized carbons (Fsp3) is 0.727. The van der Waals surface area contributed by atoms with Crippen molar-refractivity contribution in [3.05, 3.63) is 0 Å². The van der Waals surface area contributed by atoms with E-state index in [9.17, 15) is 9.59 Å². The van der Waals surface area contributed by atoms with E-state index in [4.69, 9.17) is 15.9 Å². The first kappa shape index (κ1) is 17.6. The first-order valence-electron chi connectivity index (χ1n) is 5.98. The van der Waals surface area contributed by atoms with Gasteiger partial charge in [-0.15, -0.1) is 0 Å². The summed E-state index contributed by atoms with van der Waals surface area (Å²) in [7, 11) is 0. The number of urea groups is 2. The van der Waals surface area contributed by atoms with E-state index in [0.717, 1.165) is 24.8 Å². The van der Waals surface area contributed by atoms with Gasteiger partial charge in [-0.25, -0.2) is 9.59 Å². The zero-order chi connectivity index (χ0) is 15.1. The van der Waals surface area contributed by atoms with Crippen LogP contribution in [0.5, 0.6) is 0 Å². The van der Waals surface area contributed by atoms with E-state index in [2.05, 4.69) is 4.72 Å². The van der Waals surface area contributed by atoms with Crippen molar-refractivity contribution in [3.63, 3.8) is 0 Å². The van der Waals surface area contributed by atoms with E-state index in [1.54, 1.807) is 0 Å². The Hall–Kier alpha value is -1.44. The molecule has 0 heterocycles. The molecule has 0 saturated carbocycles. The molecule has 8 heteroatoms. The molecule has 0 aromatic heterocycles. The summed E-state index contributed by atoms with van der Waals surface area (Å²) < 4.78 is 7.24. The second-order valence-corrected chi connectivity index (χ2v) is 6.44. The zero-order valence-corrected chi connectivity index (χ0v) is 12.6. The smallest absolute Gasteiger partial charge is 0.343 e. The van der Waals surface area contributed by atoms with Gasteiger partial charge in [0, 0.05) is 4.75 Å². The van der Waals surface area contributed by atoms with Crippen molar-refractivity contribution in [1.29, 1.82) is 5.41 Å². The molecule has 0 spiro atoms. The summed E-state index contributed by atoms with van der Waals surface area (Å²) in [5.41, 5.74) is 5.08. The zero-order valence-electron chi connectivity index (χ0n) is 11.8. The highest BCUT2D eigenvalue weighted by molar-refractivity contribution is 7.99. The number of unbranched alkanes of at least 4 members (excludes halogenated alkanes) is 1. The highest BCUT2D eigenvalue weighted by Crippen LogP contribution is 2.19. The van der Waals surface area contributed by atoms with Crippen LogP contribution in [0.1, 0.15) is 40.5 Å². The topological polar surface area (TPSA) is 109 Å². The highest BCUT2D eigenvalue weighted by Gasteiger charge is 2.26. The third kappa shape index (κ3) is 7.55. The molecule has 0 saturated heterocycles. The summed E-state index contributed by atoms with van der Waals surface area (Å²) in [5, 5.41) is 7.55. The standard InChI is InChI=1S/C11H22N4O3S/c1-5-6-7-18-9(13)15(8(12)16)10(17)14-19-11(2,3)4/h13H,5-7H2,1-4H3,(H2,12,16)(H,14,17). The molecule has 110 valence electrons. The Bertz CT molecular complexity index is 341. The molecular formula is C11H22N4O3S. The minimum atomic E-state index is -1.05. The molecule has 4 amide bonds. The molecule has 0 atom stereocenters. The Morgan fingerprint density at radius 3 is 2.42 bits per heavy atom. The Morgan fingerprint density at radius 2 is 2.00 bits per heavy atom. The summed E-state index contributed by atoms with van der Waals surface area (Å²) in [4.78, 5) is 23.4. The molecule has 0 aromatic rings. The van der Waals surface area contributed by atoms with E-state index in [1.165, 1.54) is 0 Å². The number of imide groups is 1. The van der Waals surface area contributed by atoms with Crippen molar-refractivity contribution in [2.24, 2.45) is 5.73 Å². The van der Waals surface area contributed by atoms with E-state index < -0.39 is 18.1 Å². The number of primary amides is 1. The molecule has 0 bridgehead atoms. The molecule has 0 unspecified atom stereocenters. The van der Waals surface area contributed by atoms with Crippen molar-refractivity contribution in [1.82, 2.24) is 9.62 Å². The summed E-state index contributed by atoms with van der Waals surface area (Å²) in [5.74, 6) is 0. The van der Waals surface area contributed by atoms with Crippen molar-refractivity contribution < 1.29 is 14.3 Å². The predicted molar refractivity (Wildman–Crippen MR) is 75.9 cm³/mol. The summed E-state index contributed by atoms with van der Waals surface area (Å²) >= 11 is 1.13. The lowest BCUT2D eigenvalue weighted by Crippen LogP contribution is -2.49. The van der Waals surface area contributed by atoms with Gasteiger partial charge in [0.2, 0.25) is 0 Å². The van der Waals surface area contributed by atoms with Gasteiger partial charge in [0.05, 0.1) is 6.61 Å². The second-order valence-electron chi connectivity index (χ2n) is 4.80. The number of carbonyl (C=O) groups is 2. The summed E-state index contributed by atoms with van der Waals surface area (Å²) in [6.07, 6.45) is 1.61. The van der Waals surface area contributed by atoms with Crippen molar-refractivity contribution in [3.8, 4) is 0 Å². The molecule has 0 aliphatic carbocycles. The van der Waals surface area contributed by atoms with Gasteiger partial charge in [0.15, 0.2) is 0 Å². The lowest BCUT2D eigenvalue weighted by molar-refractivity contribution is 0.194. The molecule has 7 nitrogen and oxygen atoms in total. The number of hydrogen-bond donors (Lipinski definition) is 3. The Morgan fingerprint density at radius 1 is 1.42 bits per heavy atom. The number of nitrogens with one attached hydrogen (secondary N) is 2. The fourth-order valence-corrected chi connectivity index (χ4v) is 1.40. The summed E-state index contributed by atoms with van der Waals surface area (Å²) in [6.45, 7) is 7.92. The van der Waals surface area contributed by atoms with E-state index in [-0.39, 0.29) is 11.4 Å². The maximum absolute atomic E-state index is 11.8. The van der Waals surface area contributed by atoms with Gasteiger partial charge in [-0.05, 0) is 39.1 Å². The number of nitrogens with two attached hydrogens (primary N) is 1. The van der Waals surface area contributed by atoms with Crippen molar-refractivity contribution >= 4 is 30.0 Å². The number of carbonyl (C=O) groups excluding carboxylic acids is 2. The van der Waals surface area contributed by atoms with Crippen LogP contribution in [0.15, 0.2) is 0 Å². The van der Waals surface area contributed by atoms with Crippen LogP contribution < -0.4 is 10.5 Å². The second kappa shape index (κ2) is 7.88. The van der Waals surface area contributed by atoms with Crippen LogP contribution in [0.2, 0.25) is 0 Å². The van der Waals surface area contributed by atoms with Crippen molar-refractivity contribution in [2.45, 2.75) is 45.3 Å². The Labute approximate surface area is 117 Å². The molecular weight excluding hydrogens is 268 g/mol. The molecule has 0 fully saturated rings.